The van der Waals surface area contributed by atoms with Crippen molar-refractivity contribution in [2.24, 2.45) is 4.99 Å². The normalized spacial score (nSPS) is 11.7. The molecule has 6 nitrogen and oxygen atoms in total. The first-order valence-electron chi connectivity index (χ1n) is 9.18. The van der Waals surface area contributed by atoms with Gasteiger partial charge in [0.15, 0.2) is 5.96 Å². The monoisotopic (exact) mass is 442 g/mol. The Hall–Kier alpha value is -2.94. The van der Waals surface area contributed by atoms with Gasteiger partial charge in [-0.05, 0) is 25.1 Å². The van der Waals surface area contributed by atoms with Crippen LogP contribution in [0.2, 0.25) is 5.02 Å². The highest BCUT2D eigenvalue weighted by molar-refractivity contribution is 6.33. The molecule has 30 heavy (non-hydrogen) atoms. The van der Waals surface area contributed by atoms with E-state index in [4.69, 9.17) is 11.6 Å². The van der Waals surface area contributed by atoms with Crippen molar-refractivity contribution in [1.29, 1.82) is 0 Å². The Balaban J connectivity index is 1.91. The van der Waals surface area contributed by atoms with Crippen molar-refractivity contribution in [3.8, 4) is 5.75 Å². The highest BCUT2D eigenvalue weighted by Gasteiger charge is 2.31. The molecule has 0 radical (unpaired) electrons. The van der Waals surface area contributed by atoms with Crippen LogP contribution in [0.4, 0.5) is 13.2 Å². The molecule has 2 aromatic carbocycles. The number of ether oxygens (including phenoxy) is 1. The molecule has 2 rings (SSSR count). The molecule has 1 amide bonds. The van der Waals surface area contributed by atoms with Crippen LogP contribution in [0.5, 0.6) is 5.75 Å². The van der Waals surface area contributed by atoms with Gasteiger partial charge in [0.2, 0.25) is 0 Å². The van der Waals surface area contributed by atoms with Crippen LogP contribution in [0.3, 0.4) is 0 Å². The maximum atomic E-state index is 12.5. The van der Waals surface area contributed by atoms with Crippen molar-refractivity contribution in [2.45, 2.75) is 19.8 Å². The summed E-state index contributed by atoms with van der Waals surface area (Å²) in [7, 11) is 0. The number of carbonyl (C=O) groups is 1. The average Bonchev–Trinajstić information content (AvgIpc) is 2.69. The van der Waals surface area contributed by atoms with Gasteiger partial charge >= 0.3 is 6.36 Å². The van der Waals surface area contributed by atoms with E-state index in [9.17, 15) is 18.0 Å². The number of para-hydroxylation sites is 1. The van der Waals surface area contributed by atoms with E-state index in [-0.39, 0.29) is 18.2 Å². The summed E-state index contributed by atoms with van der Waals surface area (Å²) in [5.41, 5.74) is 0.667. The Labute approximate surface area is 177 Å². The van der Waals surface area contributed by atoms with Crippen LogP contribution in [0.1, 0.15) is 22.8 Å². The SMILES string of the molecule is CCNC(=NCc1ccccc1OC(F)(F)F)NCCNC(=O)c1ccccc1Cl. The van der Waals surface area contributed by atoms with Crippen molar-refractivity contribution >= 4 is 23.5 Å². The second-order valence-electron chi connectivity index (χ2n) is 6.01. The topological polar surface area (TPSA) is 74.8 Å². The number of benzene rings is 2. The number of halogens is 4. The fraction of sp³-hybridized carbons (Fsp3) is 0.300. The number of rotatable bonds is 8. The third-order valence-corrected chi connectivity index (χ3v) is 4.10. The number of amides is 1. The van der Waals surface area contributed by atoms with Crippen LogP contribution in [0, 0.1) is 0 Å². The number of carbonyl (C=O) groups excluding carboxylic acids is 1. The summed E-state index contributed by atoms with van der Waals surface area (Å²) in [6, 6.07) is 12.5. The second-order valence-corrected chi connectivity index (χ2v) is 6.42. The molecule has 0 unspecified atom stereocenters. The summed E-state index contributed by atoms with van der Waals surface area (Å²) >= 11 is 5.99. The molecule has 0 fully saturated rings. The molecule has 0 aromatic heterocycles. The number of alkyl halides is 3. The Morgan fingerprint density at radius 3 is 2.40 bits per heavy atom. The molecule has 2 aromatic rings. The molecule has 0 heterocycles. The van der Waals surface area contributed by atoms with E-state index in [0.29, 0.717) is 41.7 Å². The van der Waals surface area contributed by atoms with Gasteiger partial charge in [0.25, 0.3) is 5.91 Å². The lowest BCUT2D eigenvalue weighted by Crippen LogP contribution is -2.41. The van der Waals surface area contributed by atoms with Crippen molar-refractivity contribution in [2.75, 3.05) is 19.6 Å². The first-order valence-corrected chi connectivity index (χ1v) is 9.56. The Kier molecular flexibility index (Phi) is 8.79. The molecule has 0 spiro atoms. The van der Waals surface area contributed by atoms with Crippen LogP contribution in [0.15, 0.2) is 53.5 Å². The zero-order valence-corrected chi connectivity index (χ0v) is 17.0. The van der Waals surface area contributed by atoms with Crippen LogP contribution < -0.4 is 20.7 Å². The third kappa shape index (κ3) is 7.82. The maximum Gasteiger partial charge on any atom is 0.573 e. The number of nitrogens with zero attached hydrogens (tertiary/aromatic N) is 1. The van der Waals surface area contributed by atoms with Gasteiger partial charge in [-0.2, -0.15) is 0 Å². The predicted molar refractivity (Wildman–Crippen MR) is 110 cm³/mol. The third-order valence-electron chi connectivity index (χ3n) is 3.77. The van der Waals surface area contributed by atoms with Crippen LogP contribution in [0.25, 0.3) is 0 Å². The molecule has 0 saturated carbocycles. The average molecular weight is 443 g/mol. The standard InChI is InChI=1S/C20H22ClF3N4O2/c1-2-25-19(27-12-11-26-18(29)15-8-4-5-9-16(15)21)28-13-14-7-3-6-10-17(14)30-20(22,23)24/h3-10H,2,11-13H2,1H3,(H,26,29)(H2,25,27,28). The largest absolute Gasteiger partial charge is 0.573 e. The van der Waals surface area contributed by atoms with E-state index >= 15 is 0 Å². The van der Waals surface area contributed by atoms with Crippen molar-refractivity contribution in [1.82, 2.24) is 16.0 Å². The minimum atomic E-state index is -4.78. The number of guanidine groups is 1. The zero-order valence-electron chi connectivity index (χ0n) is 16.2. The Morgan fingerprint density at radius 2 is 1.70 bits per heavy atom. The lowest BCUT2D eigenvalue weighted by atomic mass is 10.2. The van der Waals surface area contributed by atoms with E-state index in [1.165, 1.54) is 18.2 Å². The summed E-state index contributed by atoms with van der Waals surface area (Å²) in [5.74, 6) is -0.203. The molecule has 10 heteroatoms. The van der Waals surface area contributed by atoms with Crippen LogP contribution in [-0.4, -0.2) is 37.9 Å². The predicted octanol–water partition coefficient (Wildman–Crippen LogP) is 3.72. The highest BCUT2D eigenvalue weighted by Crippen LogP contribution is 2.26. The van der Waals surface area contributed by atoms with Gasteiger partial charge in [-0.1, -0.05) is 41.9 Å². The van der Waals surface area contributed by atoms with E-state index in [1.807, 2.05) is 6.92 Å². The number of hydrogen-bond acceptors (Lipinski definition) is 3. The van der Waals surface area contributed by atoms with Crippen molar-refractivity contribution in [3.63, 3.8) is 0 Å². The first kappa shape index (κ1) is 23.3. The van der Waals surface area contributed by atoms with E-state index in [2.05, 4.69) is 25.7 Å². The lowest BCUT2D eigenvalue weighted by molar-refractivity contribution is -0.274. The Bertz CT molecular complexity index is 875. The molecular formula is C20H22ClF3N4O2. The van der Waals surface area contributed by atoms with Gasteiger partial charge in [-0.25, -0.2) is 4.99 Å². The number of hydrogen-bond donors (Lipinski definition) is 3. The molecule has 0 bridgehead atoms. The summed E-state index contributed by atoms with van der Waals surface area (Å²) in [4.78, 5) is 16.4. The first-order chi connectivity index (χ1) is 14.3. The summed E-state index contributed by atoms with van der Waals surface area (Å²) < 4.78 is 41.6. The summed E-state index contributed by atoms with van der Waals surface area (Å²) in [5, 5.41) is 9.09. The smallest absolute Gasteiger partial charge is 0.405 e. The molecular weight excluding hydrogens is 421 g/mol. The molecule has 0 atom stereocenters. The van der Waals surface area contributed by atoms with Gasteiger partial charge in [0, 0.05) is 25.2 Å². The number of nitrogens with one attached hydrogen (secondary N) is 3. The van der Waals surface area contributed by atoms with E-state index in [0.717, 1.165) is 0 Å². The second kappa shape index (κ2) is 11.3. The fourth-order valence-corrected chi connectivity index (χ4v) is 2.68. The van der Waals surface area contributed by atoms with Crippen molar-refractivity contribution < 1.29 is 22.7 Å². The molecule has 162 valence electrons. The lowest BCUT2D eigenvalue weighted by Gasteiger charge is -2.14. The minimum absolute atomic E-state index is 0.0203. The minimum Gasteiger partial charge on any atom is -0.405 e. The van der Waals surface area contributed by atoms with Crippen molar-refractivity contribution in [3.05, 3.63) is 64.7 Å². The molecule has 0 aliphatic rings. The summed E-state index contributed by atoms with van der Waals surface area (Å²) in [6.07, 6.45) is -4.78. The van der Waals surface area contributed by atoms with Gasteiger partial charge < -0.3 is 20.7 Å². The molecule has 0 saturated heterocycles. The van der Waals surface area contributed by atoms with Gasteiger partial charge in [0.1, 0.15) is 5.75 Å². The van der Waals surface area contributed by atoms with Gasteiger partial charge in [0.05, 0.1) is 17.1 Å². The molecule has 0 aliphatic heterocycles. The van der Waals surface area contributed by atoms with Gasteiger partial charge in [-0.3, -0.25) is 4.79 Å². The van der Waals surface area contributed by atoms with E-state index in [1.54, 1.807) is 30.3 Å². The molecule has 3 N–H and O–H groups in total. The fourth-order valence-electron chi connectivity index (χ4n) is 2.46. The summed E-state index contributed by atoms with van der Waals surface area (Å²) in [6.45, 7) is 3.04. The van der Waals surface area contributed by atoms with Crippen LogP contribution >= 0.6 is 11.6 Å². The quantitative estimate of drug-likeness (QED) is 0.331. The van der Waals surface area contributed by atoms with E-state index < -0.39 is 6.36 Å². The number of aliphatic imine (C=N–C) groups is 1. The van der Waals surface area contributed by atoms with Gasteiger partial charge in [-0.15, -0.1) is 13.2 Å². The Morgan fingerprint density at radius 1 is 1.03 bits per heavy atom. The highest BCUT2D eigenvalue weighted by atomic mass is 35.5. The maximum absolute atomic E-state index is 12.5. The van der Waals surface area contributed by atoms with Crippen LogP contribution in [-0.2, 0) is 6.54 Å². The molecule has 0 aliphatic carbocycles. The zero-order chi connectivity index (χ0) is 22.0.